The first kappa shape index (κ1) is 10.8. The molecule has 0 saturated carbocycles. The lowest BCUT2D eigenvalue weighted by atomic mass is 10.1. The molecule has 0 aliphatic rings. The van der Waals surface area contributed by atoms with Crippen molar-refractivity contribution in [3.8, 4) is 11.3 Å². The molecule has 0 radical (unpaired) electrons. The highest BCUT2D eigenvalue weighted by molar-refractivity contribution is 7.71. The van der Waals surface area contributed by atoms with Crippen LogP contribution in [0.2, 0.25) is 0 Å². The van der Waals surface area contributed by atoms with Crippen LogP contribution in [0.3, 0.4) is 0 Å². The Bertz CT molecular complexity index is 575. The Balaban J connectivity index is 2.78. The van der Waals surface area contributed by atoms with Gasteiger partial charge >= 0.3 is 0 Å². The fourth-order valence-corrected chi connectivity index (χ4v) is 1.46. The van der Waals surface area contributed by atoms with E-state index in [-0.39, 0.29) is 10.3 Å². The molecule has 0 bridgehead atoms. The number of aromatic nitrogens is 2. The van der Waals surface area contributed by atoms with E-state index in [1.54, 1.807) is 0 Å². The van der Waals surface area contributed by atoms with E-state index in [0.717, 1.165) is 18.5 Å². The summed E-state index contributed by atoms with van der Waals surface area (Å²) in [5.41, 5.74) is -0.816. The molecule has 0 aliphatic carbocycles. The van der Waals surface area contributed by atoms with Gasteiger partial charge < -0.3 is 4.98 Å². The minimum atomic E-state index is -0.943. The van der Waals surface area contributed by atoms with Crippen molar-refractivity contribution in [2.45, 2.75) is 0 Å². The molecule has 0 saturated heterocycles. The normalized spacial score (nSPS) is 10.4. The molecule has 0 fully saturated rings. The van der Waals surface area contributed by atoms with Gasteiger partial charge in [-0.3, -0.25) is 0 Å². The van der Waals surface area contributed by atoms with Crippen LogP contribution in [0.4, 0.5) is 13.2 Å². The number of hydrogen-bond acceptors (Lipinski definition) is 2. The minimum Gasteiger partial charge on any atom is -0.343 e. The molecule has 1 aromatic heterocycles. The molecule has 2 rings (SSSR count). The SMILES string of the molecule is Fc1cccc(F)c1-c1[nH]cnc(=S)c1F. The van der Waals surface area contributed by atoms with Gasteiger partial charge in [0.25, 0.3) is 0 Å². The number of nitrogens with one attached hydrogen (secondary N) is 1. The number of nitrogens with zero attached hydrogens (tertiary/aromatic N) is 1. The quantitative estimate of drug-likeness (QED) is 0.778. The summed E-state index contributed by atoms with van der Waals surface area (Å²) in [5.74, 6) is -2.67. The average Bonchev–Trinajstić information content (AvgIpc) is 2.24. The largest absolute Gasteiger partial charge is 0.343 e. The number of halogens is 3. The van der Waals surface area contributed by atoms with Crippen molar-refractivity contribution >= 4 is 12.2 Å². The Morgan fingerprint density at radius 2 is 1.75 bits per heavy atom. The first-order chi connectivity index (χ1) is 7.61. The third-order valence-electron chi connectivity index (χ3n) is 2.01. The molecule has 1 aromatic carbocycles. The Morgan fingerprint density at radius 1 is 1.12 bits per heavy atom. The van der Waals surface area contributed by atoms with Crippen molar-refractivity contribution in [3.63, 3.8) is 0 Å². The van der Waals surface area contributed by atoms with Gasteiger partial charge in [0.1, 0.15) is 11.6 Å². The third kappa shape index (κ3) is 1.71. The Morgan fingerprint density at radius 3 is 2.38 bits per heavy atom. The molecule has 82 valence electrons. The molecular formula is C10H5F3N2S. The van der Waals surface area contributed by atoms with Gasteiger partial charge in [-0.15, -0.1) is 0 Å². The summed E-state index contributed by atoms with van der Waals surface area (Å²) in [5, 5.41) is 0. The number of hydrogen-bond donors (Lipinski definition) is 1. The molecule has 16 heavy (non-hydrogen) atoms. The molecular weight excluding hydrogens is 237 g/mol. The third-order valence-corrected chi connectivity index (χ3v) is 2.30. The summed E-state index contributed by atoms with van der Waals surface area (Å²) in [6.07, 6.45) is 1.09. The standard InChI is InChI=1S/C10H5F3N2S/c11-5-2-1-3-6(12)7(5)9-8(13)10(16)15-4-14-9/h1-4H,(H,14,15,16). The summed E-state index contributed by atoms with van der Waals surface area (Å²) < 4.78 is 39.9. The fraction of sp³-hybridized carbons (Fsp3) is 0. The molecule has 1 heterocycles. The number of H-pyrrole nitrogens is 1. The van der Waals surface area contributed by atoms with Crippen molar-refractivity contribution in [1.29, 1.82) is 0 Å². The van der Waals surface area contributed by atoms with E-state index in [0.29, 0.717) is 0 Å². The highest BCUT2D eigenvalue weighted by Crippen LogP contribution is 2.25. The summed E-state index contributed by atoms with van der Waals surface area (Å²) >= 11 is 4.58. The minimum absolute atomic E-state index is 0.337. The van der Waals surface area contributed by atoms with E-state index in [4.69, 9.17) is 0 Å². The molecule has 0 unspecified atom stereocenters. The van der Waals surface area contributed by atoms with E-state index in [2.05, 4.69) is 22.2 Å². The maximum Gasteiger partial charge on any atom is 0.184 e. The van der Waals surface area contributed by atoms with E-state index in [9.17, 15) is 13.2 Å². The fourth-order valence-electron chi connectivity index (χ4n) is 1.30. The summed E-state index contributed by atoms with van der Waals surface area (Å²) in [7, 11) is 0. The number of benzene rings is 1. The van der Waals surface area contributed by atoms with Crippen LogP contribution in [0, 0.1) is 22.1 Å². The zero-order chi connectivity index (χ0) is 11.7. The van der Waals surface area contributed by atoms with Crippen molar-refractivity contribution in [2.24, 2.45) is 0 Å². The van der Waals surface area contributed by atoms with Crippen LogP contribution in [0.25, 0.3) is 11.3 Å². The summed E-state index contributed by atoms with van der Waals surface area (Å²) in [4.78, 5) is 5.81. The van der Waals surface area contributed by atoms with Gasteiger partial charge in [-0.1, -0.05) is 18.3 Å². The second-order valence-corrected chi connectivity index (χ2v) is 3.38. The van der Waals surface area contributed by atoms with E-state index in [1.165, 1.54) is 6.07 Å². The van der Waals surface area contributed by atoms with Crippen LogP contribution in [0.15, 0.2) is 24.5 Å². The molecule has 0 spiro atoms. The van der Waals surface area contributed by atoms with Gasteiger partial charge in [0, 0.05) is 0 Å². The van der Waals surface area contributed by atoms with Crippen molar-refractivity contribution < 1.29 is 13.2 Å². The topological polar surface area (TPSA) is 28.7 Å². The van der Waals surface area contributed by atoms with Crippen LogP contribution in [0.1, 0.15) is 0 Å². The predicted molar refractivity (Wildman–Crippen MR) is 54.7 cm³/mol. The van der Waals surface area contributed by atoms with Gasteiger partial charge in [-0.2, -0.15) is 0 Å². The molecule has 1 N–H and O–H groups in total. The average molecular weight is 242 g/mol. The maximum absolute atomic E-state index is 13.5. The molecule has 0 amide bonds. The summed E-state index contributed by atoms with van der Waals surface area (Å²) in [6.45, 7) is 0. The predicted octanol–water partition coefficient (Wildman–Crippen LogP) is 3.22. The highest BCUT2D eigenvalue weighted by atomic mass is 32.1. The first-order valence-corrected chi connectivity index (χ1v) is 4.69. The van der Waals surface area contributed by atoms with Crippen LogP contribution < -0.4 is 0 Å². The van der Waals surface area contributed by atoms with E-state index in [1.807, 2.05) is 0 Å². The Labute approximate surface area is 93.8 Å². The van der Waals surface area contributed by atoms with Gasteiger partial charge in [-0.05, 0) is 12.1 Å². The highest BCUT2D eigenvalue weighted by Gasteiger charge is 2.16. The molecule has 0 aliphatic heterocycles. The van der Waals surface area contributed by atoms with Gasteiger partial charge in [-0.25, -0.2) is 18.2 Å². The first-order valence-electron chi connectivity index (χ1n) is 4.29. The van der Waals surface area contributed by atoms with E-state index >= 15 is 0 Å². The lowest BCUT2D eigenvalue weighted by molar-refractivity contribution is 0.576. The van der Waals surface area contributed by atoms with Crippen LogP contribution >= 0.6 is 12.2 Å². The van der Waals surface area contributed by atoms with Crippen molar-refractivity contribution in [3.05, 3.63) is 46.6 Å². The molecule has 0 atom stereocenters. The lowest BCUT2D eigenvalue weighted by Crippen LogP contribution is -1.97. The lowest BCUT2D eigenvalue weighted by Gasteiger charge is -2.05. The second-order valence-electron chi connectivity index (χ2n) is 2.99. The van der Waals surface area contributed by atoms with Gasteiger partial charge in [0.05, 0.1) is 17.6 Å². The molecule has 2 nitrogen and oxygen atoms in total. The summed E-state index contributed by atoms with van der Waals surface area (Å²) in [6, 6.07) is 3.27. The Kier molecular flexibility index (Phi) is 2.74. The number of aromatic amines is 1. The Hall–Kier alpha value is -1.69. The van der Waals surface area contributed by atoms with Gasteiger partial charge in [0.15, 0.2) is 10.5 Å². The van der Waals surface area contributed by atoms with Crippen LogP contribution in [-0.2, 0) is 0 Å². The van der Waals surface area contributed by atoms with Crippen LogP contribution in [-0.4, -0.2) is 9.97 Å². The number of rotatable bonds is 1. The van der Waals surface area contributed by atoms with Crippen LogP contribution in [0.5, 0.6) is 0 Å². The second kappa shape index (κ2) is 4.05. The molecule has 6 heteroatoms. The maximum atomic E-state index is 13.5. The smallest absolute Gasteiger partial charge is 0.184 e. The van der Waals surface area contributed by atoms with Crippen molar-refractivity contribution in [2.75, 3.05) is 0 Å². The van der Waals surface area contributed by atoms with Crippen molar-refractivity contribution in [1.82, 2.24) is 9.97 Å². The zero-order valence-electron chi connectivity index (χ0n) is 7.80. The zero-order valence-corrected chi connectivity index (χ0v) is 8.62. The van der Waals surface area contributed by atoms with E-state index < -0.39 is 23.0 Å². The molecule has 2 aromatic rings. The monoisotopic (exact) mass is 242 g/mol. The van der Waals surface area contributed by atoms with Gasteiger partial charge in [0.2, 0.25) is 0 Å².